The second kappa shape index (κ2) is 5.36. The standard InChI is InChI=1S/C13H14O3S/c1-9(14)17-8-12-11(7-16-13(12)15)10-5-3-2-4-6-10/h2-6,11-12H,7-8H2,1H3. The van der Waals surface area contributed by atoms with Crippen molar-refractivity contribution in [2.45, 2.75) is 12.8 Å². The number of hydrogen-bond acceptors (Lipinski definition) is 4. The lowest BCUT2D eigenvalue weighted by Crippen LogP contribution is -2.17. The van der Waals surface area contributed by atoms with Gasteiger partial charge in [0.15, 0.2) is 5.12 Å². The fourth-order valence-electron chi connectivity index (χ4n) is 1.98. The molecular weight excluding hydrogens is 236 g/mol. The molecule has 4 heteroatoms. The molecule has 0 aliphatic carbocycles. The van der Waals surface area contributed by atoms with E-state index >= 15 is 0 Å². The largest absolute Gasteiger partial charge is 0.465 e. The lowest BCUT2D eigenvalue weighted by Gasteiger charge is -2.14. The molecule has 1 aromatic rings. The summed E-state index contributed by atoms with van der Waals surface area (Å²) >= 11 is 1.19. The van der Waals surface area contributed by atoms with Gasteiger partial charge in [0.25, 0.3) is 0 Å². The lowest BCUT2D eigenvalue weighted by molar-refractivity contribution is -0.140. The average molecular weight is 250 g/mol. The Hall–Kier alpha value is -1.29. The van der Waals surface area contributed by atoms with Crippen LogP contribution < -0.4 is 0 Å². The van der Waals surface area contributed by atoms with E-state index in [1.807, 2.05) is 30.3 Å². The zero-order valence-corrected chi connectivity index (χ0v) is 10.4. The van der Waals surface area contributed by atoms with E-state index in [0.29, 0.717) is 12.4 Å². The maximum Gasteiger partial charge on any atom is 0.310 e. The van der Waals surface area contributed by atoms with Crippen molar-refractivity contribution >= 4 is 22.8 Å². The quantitative estimate of drug-likeness (QED) is 0.772. The first-order valence-corrected chi connectivity index (χ1v) is 6.52. The van der Waals surface area contributed by atoms with E-state index in [9.17, 15) is 9.59 Å². The molecule has 3 nitrogen and oxygen atoms in total. The number of rotatable bonds is 3. The van der Waals surface area contributed by atoms with Crippen molar-refractivity contribution in [3.05, 3.63) is 35.9 Å². The number of esters is 1. The summed E-state index contributed by atoms with van der Waals surface area (Å²) in [6, 6.07) is 9.84. The molecule has 1 aliphatic rings. The van der Waals surface area contributed by atoms with Crippen LogP contribution in [0.3, 0.4) is 0 Å². The minimum atomic E-state index is -0.203. The van der Waals surface area contributed by atoms with Gasteiger partial charge in [-0.2, -0.15) is 0 Å². The number of hydrogen-bond donors (Lipinski definition) is 0. The number of benzene rings is 1. The fourth-order valence-corrected chi connectivity index (χ4v) is 2.76. The molecule has 0 N–H and O–H groups in total. The normalized spacial score (nSPS) is 23.5. The third-order valence-corrected chi connectivity index (χ3v) is 3.82. The second-order valence-corrected chi connectivity index (χ2v) is 5.25. The van der Waals surface area contributed by atoms with Crippen LogP contribution in [0.15, 0.2) is 30.3 Å². The lowest BCUT2D eigenvalue weighted by atomic mass is 9.90. The van der Waals surface area contributed by atoms with E-state index in [1.54, 1.807) is 0 Å². The van der Waals surface area contributed by atoms with Crippen LogP contribution >= 0.6 is 11.8 Å². The molecule has 1 fully saturated rings. The minimum Gasteiger partial charge on any atom is -0.465 e. The Labute approximate surface area is 105 Å². The highest BCUT2D eigenvalue weighted by Gasteiger charge is 2.37. The highest BCUT2D eigenvalue weighted by atomic mass is 32.2. The van der Waals surface area contributed by atoms with Crippen molar-refractivity contribution in [2.75, 3.05) is 12.4 Å². The average Bonchev–Trinajstić information content (AvgIpc) is 2.69. The number of ether oxygens (including phenoxy) is 1. The van der Waals surface area contributed by atoms with Gasteiger partial charge in [-0.1, -0.05) is 42.1 Å². The third-order valence-electron chi connectivity index (χ3n) is 2.89. The van der Waals surface area contributed by atoms with Gasteiger partial charge in [0.05, 0.1) is 12.5 Å². The molecule has 2 atom stereocenters. The molecule has 0 saturated carbocycles. The van der Waals surface area contributed by atoms with E-state index in [-0.39, 0.29) is 22.9 Å². The predicted octanol–water partition coefficient (Wildman–Crippen LogP) is 2.22. The molecule has 0 spiro atoms. The van der Waals surface area contributed by atoms with Crippen LogP contribution in [0.1, 0.15) is 18.4 Å². The molecule has 0 bridgehead atoms. The Morgan fingerprint density at radius 2 is 2.12 bits per heavy atom. The van der Waals surface area contributed by atoms with Gasteiger partial charge < -0.3 is 4.74 Å². The summed E-state index contributed by atoms with van der Waals surface area (Å²) in [5.74, 6) is 0.197. The first-order valence-electron chi connectivity index (χ1n) is 5.53. The molecule has 1 heterocycles. The second-order valence-electron chi connectivity index (χ2n) is 4.06. The maximum atomic E-state index is 11.6. The van der Waals surface area contributed by atoms with E-state index in [2.05, 4.69) is 0 Å². The molecule has 1 aromatic carbocycles. The van der Waals surface area contributed by atoms with Gasteiger partial charge in [-0.15, -0.1) is 0 Å². The smallest absolute Gasteiger partial charge is 0.310 e. The molecule has 2 rings (SSSR count). The molecule has 2 unspecified atom stereocenters. The molecule has 1 aliphatic heterocycles. The van der Waals surface area contributed by atoms with Crippen molar-refractivity contribution in [3.63, 3.8) is 0 Å². The molecule has 1 saturated heterocycles. The van der Waals surface area contributed by atoms with Crippen LogP contribution in [0.4, 0.5) is 0 Å². The summed E-state index contributed by atoms with van der Waals surface area (Å²) in [6.45, 7) is 1.94. The van der Waals surface area contributed by atoms with Crippen molar-refractivity contribution < 1.29 is 14.3 Å². The number of carbonyl (C=O) groups excluding carboxylic acids is 2. The molecular formula is C13H14O3S. The first kappa shape index (κ1) is 12.2. The Balaban J connectivity index is 2.11. The third kappa shape index (κ3) is 2.88. The van der Waals surface area contributed by atoms with Crippen LogP contribution in [0, 0.1) is 5.92 Å². The van der Waals surface area contributed by atoms with E-state index in [0.717, 1.165) is 5.56 Å². The molecule has 0 radical (unpaired) electrons. The van der Waals surface area contributed by atoms with Crippen LogP contribution in [0.5, 0.6) is 0 Å². The summed E-state index contributed by atoms with van der Waals surface area (Å²) in [6.07, 6.45) is 0. The first-order chi connectivity index (χ1) is 8.18. The maximum absolute atomic E-state index is 11.6. The summed E-state index contributed by atoms with van der Waals surface area (Å²) in [5, 5.41) is 0.0384. The van der Waals surface area contributed by atoms with Crippen LogP contribution in [-0.2, 0) is 14.3 Å². The Bertz CT molecular complexity index is 416. The predicted molar refractivity (Wildman–Crippen MR) is 66.8 cm³/mol. The van der Waals surface area contributed by atoms with Crippen molar-refractivity contribution in [1.82, 2.24) is 0 Å². The van der Waals surface area contributed by atoms with Gasteiger partial charge in [0.2, 0.25) is 0 Å². The number of thioether (sulfide) groups is 1. The van der Waals surface area contributed by atoms with Gasteiger partial charge >= 0.3 is 5.97 Å². The number of carbonyl (C=O) groups is 2. The van der Waals surface area contributed by atoms with Gasteiger partial charge in [-0.3, -0.25) is 9.59 Å². The van der Waals surface area contributed by atoms with Crippen LogP contribution in [0.2, 0.25) is 0 Å². The van der Waals surface area contributed by atoms with Crippen molar-refractivity contribution in [1.29, 1.82) is 0 Å². The van der Waals surface area contributed by atoms with Crippen LogP contribution in [0.25, 0.3) is 0 Å². The molecule has 0 amide bonds. The molecule has 0 aromatic heterocycles. The summed E-state index contributed by atoms with van der Waals surface area (Å²) in [7, 11) is 0. The van der Waals surface area contributed by atoms with Gasteiger partial charge in [-0.05, 0) is 5.56 Å². The van der Waals surface area contributed by atoms with Crippen molar-refractivity contribution in [3.8, 4) is 0 Å². The van der Waals surface area contributed by atoms with E-state index in [4.69, 9.17) is 4.74 Å². The van der Waals surface area contributed by atoms with Gasteiger partial charge in [0.1, 0.15) is 0 Å². The zero-order chi connectivity index (χ0) is 12.3. The van der Waals surface area contributed by atoms with Gasteiger partial charge in [-0.25, -0.2) is 0 Å². The Morgan fingerprint density at radius 3 is 2.76 bits per heavy atom. The number of cyclic esters (lactones) is 1. The van der Waals surface area contributed by atoms with E-state index < -0.39 is 0 Å². The zero-order valence-electron chi connectivity index (χ0n) is 9.59. The van der Waals surface area contributed by atoms with Crippen molar-refractivity contribution in [2.24, 2.45) is 5.92 Å². The summed E-state index contributed by atoms with van der Waals surface area (Å²) < 4.78 is 5.10. The summed E-state index contributed by atoms with van der Waals surface area (Å²) in [5.41, 5.74) is 1.10. The highest BCUT2D eigenvalue weighted by Crippen LogP contribution is 2.34. The summed E-state index contributed by atoms with van der Waals surface area (Å²) in [4.78, 5) is 22.6. The highest BCUT2D eigenvalue weighted by molar-refractivity contribution is 8.13. The fraction of sp³-hybridized carbons (Fsp3) is 0.385. The Morgan fingerprint density at radius 1 is 1.41 bits per heavy atom. The monoisotopic (exact) mass is 250 g/mol. The molecule has 17 heavy (non-hydrogen) atoms. The van der Waals surface area contributed by atoms with E-state index in [1.165, 1.54) is 18.7 Å². The van der Waals surface area contributed by atoms with Crippen LogP contribution in [-0.4, -0.2) is 23.4 Å². The Kier molecular flexibility index (Phi) is 3.84. The molecule has 90 valence electrons. The minimum absolute atomic E-state index is 0.0384. The topological polar surface area (TPSA) is 43.4 Å². The SMILES string of the molecule is CC(=O)SCC1C(=O)OCC1c1ccccc1. The van der Waals surface area contributed by atoms with Gasteiger partial charge in [0, 0.05) is 18.6 Å².